The quantitative estimate of drug-likeness (QED) is 0.301. The number of halogens is 1. The van der Waals surface area contributed by atoms with Crippen molar-refractivity contribution in [3.63, 3.8) is 0 Å². The van der Waals surface area contributed by atoms with Gasteiger partial charge in [0.25, 0.3) is 0 Å². The van der Waals surface area contributed by atoms with Crippen molar-refractivity contribution in [1.82, 2.24) is 0 Å². The molecule has 0 unspecified atom stereocenters. The van der Waals surface area contributed by atoms with E-state index in [4.69, 9.17) is 0 Å². The molecule has 0 bridgehead atoms. The zero-order valence-corrected chi connectivity index (χ0v) is 14.1. The predicted octanol–water partition coefficient (Wildman–Crippen LogP) is 5.79. The van der Waals surface area contributed by atoms with E-state index < -0.39 is 0 Å². The van der Waals surface area contributed by atoms with Crippen molar-refractivity contribution in [1.29, 1.82) is 0 Å². The summed E-state index contributed by atoms with van der Waals surface area (Å²) in [6.45, 7) is 3.75. The maximum absolute atomic E-state index is 3.75. The molecule has 0 heterocycles. The van der Waals surface area contributed by atoms with Crippen LogP contribution in [0.15, 0.2) is 95.6 Å². The average Bonchev–Trinajstić information content (AvgIpc) is 3.16. The summed E-state index contributed by atoms with van der Waals surface area (Å²) in [5.41, 5.74) is 6.32. The Balaban J connectivity index is 0.000000313. The third-order valence-corrected chi connectivity index (χ3v) is 3.29. The van der Waals surface area contributed by atoms with Crippen LogP contribution in [-0.2, 0) is 17.1 Å². The third kappa shape index (κ3) is 5.38. The largest absolute Gasteiger partial charge is 6.00 e. The van der Waals surface area contributed by atoms with Gasteiger partial charge >= 0.3 is 17.1 Å². The first-order valence-electron chi connectivity index (χ1n) is 6.36. The molecule has 0 N–H and O–H groups in total. The summed E-state index contributed by atoms with van der Waals surface area (Å²) < 4.78 is 1.07. The maximum Gasteiger partial charge on any atom is 6.00 e. The number of hydrogen-bond donors (Lipinski definition) is 0. The van der Waals surface area contributed by atoms with E-state index in [0.717, 1.165) is 21.2 Å². The summed E-state index contributed by atoms with van der Waals surface area (Å²) in [6, 6.07) is 26.3. The molecule has 2 heteroatoms. The molecule has 3 aromatic rings. The molecule has 0 radical (unpaired) electrons. The molecule has 0 saturated heterocycles. The molecule has 0 atom stereocenters. The summed E-state index contributed by atoms with van der Waals surface area (Å²) in [4.78, 5) is 0. The average molecular weight is 379 g/mol. The Morgan fingerprint density at radius 3 is 2.19 bits per heavy atom. The SMILES string of the molecule is C=C=C(c1cccc(Br)c1)[c-]1cccc1.[Fe+6].c1cc[cH-]c1. The maximum atomic E-state index is 3.75. The van der Waals surface area contributed by atoms with Crippen LogP contribution in [0.1, 0.15) is 11.1 Å². The molecule has 3 aromatic carbocycles. The number of benzene rings is 1. The molecule has 0 saturated carbocycles. The molecule has 0 aromatic heterocycles. The molecule has 3 rings (SSSR count). The molecule has 0 nitrogen and oxygen atoms in total. The van der Waals surface area contributed by atoms with Gasteiger partial charge in [-0.2, -0.15) is 30.3 Å². The van der Waals surface area contributed by atoms with Crippen LogP contribution in [0.4, 0.5) is 0 Å². The van der Waals surface area contributed by atoms with Crippen LogP contribution in [0.2, 0.25) is 0 Å². The van der Waals surface area contributed by atoms with Gasteiger partial charge in [0, 0.05) is 4.47 Å². The molecular formula is C19H15BrFe+4. The predicted molar refractivity (Wildman–Crippen MR) is 89.9 cm³/mol. The van der Waals surface area contributed by atoms with E-state index in [0.29, 0.717) is 0 Å². The van der Waals surface area contributed by atoms with Crippen molar-refractivity contribution < 1.29 is 17.1 Å². The second kappa shape index (κ2) is 9.39. The Morgan fingerprint density at radius 1 is 1.05 bits per heavy atom. The van der Waals surface area contributed by atoms with Gasteiger partial charge in [0.2, 0.25) is 0 Å². The number of rotatable bonds is 2. The molecule has 0 aliphatic rings. The zero-order valence-electron chi connectivity index (χ0n) is 11.4. The summed E-state index contributed by atoms with van der Waals surface area (Å²) in [5, 5.41) is 0. The van der Waals surface area contributed by atoms with E-state index in [-0.39, 0.29) is 17.1 Å². The van der Waals surface area contributed by atoms with Gasteiger partial charge in [-0.1, -0.05) is 57.4 Å². The summed E-state index contributed by atoms with van der Waals surface area (Å²) in [5.74, 6) is 0. The Labute approximate surface area is 145 Å². The fourth-order valence-corrected chi connectivity index (χ4v) is 2.28. The Hall–Kier alpha value is -1.56. The first-order valence-corrected chi connectivity index (χ1v) is 7.15. The van der Waals surface area contributed by atoms with Crippen molar-refractivity contribution in [2.75, 3.05) is 0 Å². The van der Waals surface area contributed by atoms with Crippen molar-refractivity contribution in [3.05, 3.63) is 107 Å². The third-order valence-electron chi connectivity index (χ3n) is 2.80. The minimum absolute atomic E-state index is 0. The molecule has 0 aliphatic heterocycles. The van der Waals surface area contributed by atoms with Gasteiger partial charge in [0.15, 0.2) is 0 Å². The normalized spacial score (nSPS) is 8.81. The van der Waals surface area contributed by atoms with Gasteiger partial charge in [-0.25, -0.2) is 17.9 Å². The smallest absolute Gasteiger partial charge is 0.217 e. The fourth-order valence-electron chi connectivity index (χ4n) is 1.88. The number of hydrogen-bond acceptors (Lipinski definition) is 0. The standard InChI is InChI=1S/C14H10Br.C5H5.Fe/c1-2-14(11-6-3-4-7-11)12-8-5-9-13(15)10-12;1-2-4-5-3-1;/h3-10H,1H2;1-5H;/q2*-1;+6. The summed E-state index contributed by atoms with van der Waals surface area (Å²) >= 11 is 3.46. The van der Waals surface area contributed by atoms with Crippen LogP contribution in [0.25, 0.3) is 5.57 Å². The van der Waals surface area contributed by atoms with E-state index in [9.17, 15) is 0 Å². The molecule has 0 fully saturated rings. The van der Waals surface area contributed by atoms with Gasteiger partial charge in [-0.05, 0) is 6.07 Å². The molecule has 21 heavy (non-hydrogen) atoms. The van der Waals surface area contributed by atoms with Gasteiger partial charge in [-0.15, -0.1) is 12.1 Å². The Kier molecular flexibility index (Phi) is 7.82. The van der Waals surface area contributed by atoms with Crippen LogP contribution < -0.4 is 0 Å². The molecule has 0 aliphatic carbocycles. The fraction of sp³-hybridized carbons (Fsp3) is 0. The molecule has 102 valence electrons. The topological polar surface area (TPSA) is 0 Å². The van der Waals surface area contributed by atoms with Crippen LogP contribution in [0, 0.1) is 0 Å². The van der Waals surface area contributed by atoms with Gasteiger partial charge in [0.05, 0.1) is 0 Å². The van der Waals surface area contributed by atoms with Gasteiger partial charge in [-0.3, -0.25) is 0 Å². The van der Waals surface area contributed by atoms with Crippen molar-refractivity contribution in [2.45, 2.75) is 0 Å². The van der Waals surface area contributed by atoms with E-state index in [1.807, 2.05) is 54.6 Å². The van der Waals surface area contributed by atoms with E-state index in [1.165, 1.54) is 0 Å². The van der Waals surface area contributed by atoms with E-state index >= 15 is 0 Å². The summed E-state index contributed by atoms with van der Waals surface area (Å²) in [6.07, 6.45) is 0. The van der Waals surface area contributed by atoms with E-state index in [2.05, 4.69) is 52.5 Å². The monoisotopic (exact) mass is 378 g/mol. The minimum atomic E-state index is 0. The van der Waals surface area contributed by atoms with Crippen LogP contribution >= 0.6 is 15.9 Å². The first kappa shape index (κ1) is 17.5. The van der Waals surface area contributed by atoms with Crippen LogP contribution in [0.3, 0.4) is 0 Å². The molecule has 0 amide bonds. The van der Waals surface area contributed by atoms with Gasteiger partial charge in [0.1, 0.15) is 0 Å². The Morgan fingerprint density at radius 2 is 1.71 bits per heavy atom. The second-order valence-electron chi connectivity index (χ2n) is 4.20. The van der Waals surface area contributed by atoms with Crippen molar-refractivity contribution in [2.24, 2.45) is 0 Å². The minimum Gasteiger partial charge on any atom is -0.217 e. The van der Waals surface area contributed by atoms with Crippen molar-refractivity contribution >= 4 is 21.5 Å². The van der Waals surface area contributed by atoms with Crippen LogP contribution in [-0.4, -0.2) is 0 Å². The van der Waals surface area contributed by atoms with Crippen molar-refractivity contribution in [3.8, 4) is 0 Å². The molecular weight excluding hydrogens is 364 g/mol. The molecule has 0 spiro atoms. The summed E-state index contributed by atoms with van der Waals surface area (Å²) in [7, 11) is 0. The Bertz CT molecular complexity index is 655. The second-order valence-corrected chi connectivity index (χ2v) is 5.11. The zero-order chi connectivity index (χ0) is 14.2. The van der Waals surface area contributed by atoms with Gasteiger partial charge < -0.3 is 0 Å². The van der Waals surface area contributed by atoms with Crippen LogP contribution in [0.5, 0.6) is 0 Å². The first-order chi connectivity index (χ1) is 9.81. The van der Waals surface area contributed by atoms with E-state index in [1.54, 1.807) is 0 Å².